The van der Waals surface area contributed by atoms with Crippen LogP contribution in [-0.2, 0) is 20.4 Å². The first-order valence-corrected chi connectivity index (χ1v) is 6.07. The van der Waals surface area contributed by atoms with E-state index in [9.17, 15) is 29.0 Å². The molecule has 0 atom stereocenters. The molecule has 9 heteroatoms. The Morgan fingerprint density at radius 2 is 1.13 bits per heavy atom. The molecule has 15 heavy (non-hydrogen) atoms. The lowest BCUT2D eigenvalue weighted by Gasteiger charge is -1.98. The first-order valence-electron chi connectivity index (χ1n) is 3.30. The lowest BCUT2D eigenvalue weighted by molar-refractivity contribution is 0.544. The Balaban J connectivity index is 3.57. The molecule has 1 aromatic rings. The SMILES string of the molecule is O=S(=O)(F)c1cc(F)cc(S(=O)(=O)F)c1. The van der Waals surface area contributed by atoms with Crippen molar-refractivity contribution >= 4 is 20.4 Å². The van der Waals surface area contributed by atoms with E-state index in [1.54, 1.807) is 0 Å². The predicted octanol–water partition coefficient (Wildman–Crippen LogP) is 1.14. The minimum atomic E-state index is -5.28. The average molecular weight is 260 g/mol. The smallest absolute Gasteiger partial charge is 0.207 e. The maximum absolute atomic E-state index is 12.6. The summed E-state index contributed by atoms with van der Waals surface area (Å²) in [5, 5.41) is 0. The van der Waals surface area contributed by atoms with Crippen LogP contribution in [0.2, 0.25) is 0 Å². The van der Waals surface area contributed by atoms with Crippen molar-refractivity contribution in [2.75, 3.05) is 0 Å². The van der Waals surface area contributed by atoms with Crippen LogP contribution in [0.3, 0.4) is 0 Å². The van der Waals surface area contributed by atoms with E-state index in [0.29, 0.717) is 0 Å². The fourth-order valence-electron chi connectivity index (χ4n) is 0.819. The van der Waals surface area contributed by atoms with Crippen molar-refractivity contribution in [3.63, 3.8) is 0 Å². The van der Waals surface area contributed by atoms with Crippen molar-refractivity contribution in [1.29, 1.82) is 0 Å². The van der Waals surface area contributed by atoms with Crippen LogP contribution in [0.4, 0.5) is 12.2 Å². The molecular formula is C6H3F3O4S2. The first-order chi connectivity index (χ1) is 6.60. The van der Waals surface area contributed by atoms with Crippen LogP contribution in [0.15, 0.2) is 28.0 Å². The summed E-state index contributed by atoms with van der Waals surface area (Å²) < 4.78 is 78.6. The van der Waals surface area contributed by atoms with Gasteiger partial charge in [0.25, 0.3) is 0 Å². The lowest BCUT2D eigenvalue weighted by Crippen LogP contribution is -1.98. The number of hydrogen-bond donors (Lipinski definition) is 0. The summed E-state index contributed by atoms with van der Waals surface area (Å²) >= 11 is 0. The third kappa shape index (κ3) is 2.93. The average Bonchev–Trinajstić information content (AvgIpc) is 1.99. The summed E-state index contributed by atoms with van der Waals surface area (Å²) in [6.07, 6.45) is 0. The number of benzene rings is 1. The van der Waals surface area contributed by atoms with Crippen LogP contribution in [0.1, 0.15) is 0 Å². The molecule has 84 valence electrons. The second-order valence-corrected chi connectivity index (χ2v) is 5.19. The Morgan fingerprint density at radius 1 is 0.800 bits per heavy atom. The molecule has 0 aliphatic heterocycles. The standard InChI is InChI=1S/C6H3F3O4S2/c7-4-1-5(14(8,10)11)3-6(2-4)15(9,12)13/h1-3H. The molecule has 4 nitrogen and oxygen atoms in total. The molecule has 0 unspecified atom stereocenters. The molecular weight excluding hydrogens is 257 g/mol. The van der Waals surface area contributed by atoms with Gasteiger partial charge in [0.15, 0.2) is 0 Å². The van der Waals surface area contributed by atoms with E-state index >= 15 is 0 Å². The van der Waals surface area contributed by atoms with E-state index in [1.807, 2.05) is 0 Å². The first kappa shape index (κ1) is 12.0. The zero-order valence-electron chi connectivity index (χ0n) is 6.82. The van der Waals surface area contributed by atoms with Crippen LogP contribution in [0, 0.1) is 5.82 Å². The topological polar surface area (TPSA) is 68.3 Å². The second kappa shape index (κ2) is 3.49. The molecule has 0 amide bonds. The molecule has 0 fully saturated rings. The highest BCUT2D eigenvalue weighted by Crippen LogP contribution is 2.20. The van der Waals surface area contributed by atoms with Gasteiger partial charge in [-0.25, -0.2) is 4.39 Å². The van der Waals surface area contributed by atoms with Crippen molar-refractivity contribution in [2.24, 2.45) is 0 Å². The van der Waals surface area contributed by atoms with Crippen LogP contribution in [-0.4, -0.2) is 16.8 Å². The second-order valence-electron chi connectivity index (χ2n) is 2.50. The summed E-state index contributed by atoms with van der Waals surface area (Å²) in [6.45, 7) is 0. The third-order valence-electron chi connectivity index (χ3n) is 1.41. The Morgan fingerprint density at radius 3 is 1.40 bits per heavy atom. The van der Waals surface area contributed by atoms with Crippen molar-refractivity contribution in [2.45, 2.75) is 9.79 Å². The minimum absolute atomic E-state index is 0.188. The highest BCUT2D eigenvalue weighted by molar-refractivity contribution is 7.87. The van der Waals surface area contributed by atoms with Crippen LogP contribution in [0.25, 0.3) is 0 Å². The van der Waals surface area contributed by atoms with Gasteiger partial charge in [-0.3, -0.25) is 0 Å². The zero-order chi connectivity index (χ0) is 11.9. The van der Waals surface area contributed by atoms with Crippen molar-refractivity contribution < 1.29 is 29.0 Å². The van der Waals surface area contributed by atoms with Crippen LogP contribution >= 0.6 is 0 Å². The van der Waals surface area contributed by atoms with E-state index in [1.165, 1.54) is 0 Å². The van der Waals surface area contributed by atoms with Gasteiger partial charge in [-0.2, -0.15) is 16.8 Å². The van der Waals surface area contributed by atoms with E-state index in [2.05, 4.69) is 0 Å². The van der Waals surface area contributed by atoms with Crippen LogP contribution in [0.5, 0.6) is 0 Å². The van der Waals surface area contributed by atoms with E-state index in [0.717, 1.165) is 0 Å². The molecule has 0 bridgehead atoms. The van der Waals surface area contributed by atoms with Gasteiger partial charge in [0.1, 0.15) is 15.6 Å². The Bertz CT molecular complexity index is 541. The van der Waals surface area contributed by atoms with Crippen molar-refractivity contribution in [3.05, 3.63) is 24.0 Å². The number of hydrogen-bond acceptors (Lipinski definition) is 4. The summed E-state index contributed by atoms with van der Waals surface area (Å²) in [5.41, 5.74) is 0. The number of halogens is 3. The van der Waals surface area contributed by atoms with Gasteiger partial charge in [-0.1, -0.05) is 0 Å². The Kier molecular flexibility index (Phi) is 2.79. The molecule has 1 rings (SSSR count). The monoisotopic (exact) mass is 260 g/mol. The maximum atomic E-state index is 12.6. The summed E-state index contributed by atoms with van der Waals surface area (Å²) in [5.74, 6) is -1.37. The van der Waals surface area contributed by atoms with Gasteiger partial charge in [0.2, 0.25) is 0 Å². The quantitative estimate of drug-likeness (QED) is 0.748. The largest absolute Gasteiger partial charge is 0.332 e. The maximum Gasteiger partial charge on any atom is 0.332 e. The lowest BCUT2D eigenvalue weighted by atomic mass is 10.3. The fraction of sp³-hybridized carbons (Fsp3) is 0. The highest BCUT2D eigenvalue weighted by atomic mass is 32.3. The highest BCUT2D eigenvalue weighted by Gasteiger charge is 2.20. The van der Waals surface area contributed by atoms with Gasteiger partial charge >= 0.3 is 20.4 Å². The minimum Gasteiger partial charge on any atom is -0.207 e. The van der Waals surface area contributed by atoms with E-state index in [4.69, 9.17) is 0 Å². The summed E-state index contributed by atoms with van der Waals surface area (Å²) in [7, 11) is -10.6. The zero-order valence-corrected chi connectivity index (χ0v) is 8.45. The van der Waals surface area contributed by atoms with Gasteiger partial charge in [-0.05, 0) is 18.2 Å². The van der Waals surface area contributed by atoms with Gasteiger partial charge < -0.3 is 0 Å². The van der Waals surface area contributed by atoms with Gasteiger partial charge in [0, 0.05) is 0 Å². The molecule has 0 saturated carbocycles. The molecule has 0 saturated heterocycles. The molecule has 1 aromatic carbocycles. The third-order valence-corrected chi connectivity index (χ3v) is 3.01. The molecule has 0 N–H and O–H groups in total. The molecule has 0 aromatic heterocycles. The van der Waals surface area contributed by atoms with Crippen molar-refractivity contribution in [1.82, 2.24) is 0 Å². The Hall–Kier alpha value is -1.09. The van der Waals surface area contributed by atoms with Crippen molar-refractivity contribution in [3.8, 4) is 0 Å². The van der Waals surface area contributed by atoms with Gasteiger partial charge in [-0.15, -0.1) is 7.77 Å². The van der Waals surface area contributed by atoms with E-state index in [-0.39, 0.29) is 18.2 Å². The van der Waals surface area contributed by atoms with Gasteiger partial charge in [0.05, 0.1) is 0 Å². The Labute approximate surface area is 83.8 Å². The van der Waals surface area contributed by atoms with E-state index < -0.39 is 36.1 Å². The molecule has 0 heterocycles. The molecule has 0 aliphatic carbocycles. The summed E-state index contributed by atoms with van der Waals surface area (Å²) in [4.78, 5) is -2.50. The number of rotatable bonds is 2. The predicted molar refractivity (Wildman–Crippen MR) is 43.0 cm³/mol. The normalized spacial score (nSPS) is 12.7. The molecule has 0 radical (unpaired) electrons. The molecule has 0 spiro atoms. The molecule has 0 aliphatic rings. The summed E-state index contributed by atoms with van der Waals surface area (Å²) in [6, 6.07) is 0.668. The fourth-order valence-corrected chi connectivity index (χ4v) is 1.94. The van der Waals surface area contributed by atoms with Crippen LogP contribution < -0.4 is 0 Å².